The Morgan fingerprint density at radius 2 is 2.00 bits per heavy atom. The molecule has 0 aliphatic rings. The summed E-state index contributed by atoms with van der Waals surface area (Å²) in [5.74, 6) is -3.52. The molecule has 1 aromatic carbocycles. The van der Waals surface area contributed by atoms with Crippen LogP contribution in [0.4, 0.5) is 13.8 Å². The molecule has 0 aliphatic carbocycles. The average Bonchev–Trinajstić information content (AvgIpc) is 2.88. The van der Waals surface area contributed by atoms with Gasteiger partial charge in [0.1, 0.15) is 5.00 Å². The molecular formula is C13H9F2NO3S2. The number of benzene rings is 1. The van der Waals surface area contributed by atoms with E-state index >= 15 is 0 Å². The Balaban J connectivity index is 1.94. The smallest absolute Gasteiger partial charge is 0.338 e. The number of nitrogens with one attached hydrogen (secondary N) is 1. The Morgan fingerprint density at radius 3 is 2.67 bits per heavy atom. The first-order valence-electron chi connectivity index (χ1n) is 5.66. The summed E-state index contributed by atoms with van der Waals surface area (Å²) in [5.41, 5.74) is 0.0196. The summed E-state index contributed by atoms with van der Waals surface area (Å²) >= 11 is 2.13. The molecule has 2 rings (SSSR count). The number of hydrogen-bond donors (Lipinski definition) is 2. The van der Waals surface area contributed by atoms with Crippen LogP contribution in [0.5, 0.6) is 0 Å². The molecule has 1 amide bonds. The van der Waals surface area contributed by atoms with E-state index in [2.05, 4.69) is 5.32 Å². The van der Waals surface area contributed by atoms with Gasteiger partial charge in [-0.3, -0.25) is 4.79 Å². The van der Waals surface area contributed by atoms with E-state index in [1.54, 1.807) is 5.38 Å². The molecule has 0 radical (unpaired) electrons. The van der Waals surface area contributed by atoms with Crippen molar-refractivity contribution < 1.29 is 23.5 Å². The van der Waals surface area contributed by atoms with Gasteiger partial charge in [-0.15, -0.1) is 23.1 Å². The van der Waals surface area contributed by atoms with Crippen LogP contribution < -0.4 is 5.32 Å². The second-order valence-corrected chi connectivity index (χ2v) is 5.85. The van der Waals surface area contributed by atoms with Crippen LogP contribution in [-0.4, -0.2) is 22.7 Å². The number of hydrogen-bond acceptors (Lipinski definition) is 4. The molecule has 110 valence electrons. The fraction of sp³-hybridized carbons (Fsp3) is 0.0769. The number of rotatable bonds is 5. The first-order chi connectivity index (χ1) is 9.97. The zero-order valence-electron chi connectivity index (χ0n) is 10.4. The molecule has 1 aromatic heterocycles. The van der Waals surface area contributed by atoms with Gasteiger partial charge in [0.05, 0.1) is 11.3 Å². The predicted octanol–water partition coefficient (Wildman–Crippen LogP) is 3.46. The summed E-state index contributed by atoms with van der Waals surface area (Å²) in [6.07, 6.45) is 0. The highest BCUT2D eigenvalue weighted by molar-refractivity contribution is 8.00. The molecule has 4 nitrogen and oxygen atoms in total. The van der Waals surface area contributed by atoms with Gasteiger partial charge in [-0.2, -0.15) is 0 Å². The first-order valence-corrected chi connectivity index (χ1v) is 7.52. The third-order valence-corrected chi connectivity index (χ3v) is 4.23. The largest absolute Gasteiger partial charge is 0.478 e. The molecular weight excluding hydrogens is 320 g/mol. The van der Waals surface area contributed by atoms with Crippen molar-refractivity contribution >= 4 is 40.0 Å². The summed E-state index contributed by atoms with van der Waals surface area (Å²) in [5, 5.41) is 13.2. The Kier molecular flexibility index (Phi) is 4.92. The lowest BCUT2D eigenvalue weighted by Gasteiger charge is -2.04. The van der Waals surface area contributed by atoms with Crippen molar-refractivity contribution in [2.45, 2.75) is 4.90 Å². The molecule has 0 aliphatic heterocycles. The highest BCUT2D eigenvalue weighted by atomic mass is 32.2. The topological polar surface area (TPSA) is 66.4 Å². The predicted molar refractivity (Wildman–Crippen MR) is 77.0 cm³/mol. The van der Waals surface area contributed by atoms with Crippen LogP contribution >= 0.6 is 23.1 Å². The van der Waals surface area contributed by atoms with Gasteiger partial charge in [0.15, 0.2) is 11.6 Å². The fourth-order valence-electron chi connectivity index (χ4n) is 1.45. The van der Waals surface area contributed by atoms with E-state index in [9.17, 15) is 18.4 Å². The van der Waals surface area contributed by atoms with E-state index in [-0.39, 0.29) is 16.3 Å². The average molecular weight is 329 g/mol. The second kappa shape index (κ2) is 6.68. The zero-order valence-corrected chi connectivity index (χ0v) is 12.1. The van der Waals surface area contributed by atoms with Crippen molar-refractivity contribution in [3.05, 3.63) is 46.8 Å². The van der Waals surface area contributed by atoms with Crippen LogP contribution in [0.25, 0.3) is 0 Å². The highest BCUT2D eigenvalue weighted by Crippen LogP contribution is 2.24. The van der Waals surface area contributed by atoms with Gasteiger partial charge in [0.2, 0.25) is 5.91 Å². The molecule has 0 unspecified atom stereocenters. The lowest BCUT2D eigenvalue weighted by Crippen LogP contribution is -2.15. The third-order valence-electron chi connectivity index (χ3n) is 2.41. The second-order valence-electron chi connectivity index (χ2n) is 3.88. The molecule has 0 bridgehead atoms. The molecule has 0 fully saturated rings. The molecule has 0 saturated heterocycles. The minimum absolute atomic E-state index is 0.0196. The number of aromatic carboxylic acids is 1. The van der Waals surface area contributed by atoms with Crippen molar-refractivity contribution in [2.75, 3.05) is 11.1 Å². The molecule has 0 spiro atoms. The molecule has 1 heterocycles. The monoisotopic (exact) mass is 329 g/mol. The van der Waals surface area contributed by atoms with Crippen LogP contribution in [0.2, 0.25) is 0 Å². The number of carbonyl (C=O) groups excluding carboxylic acids is 1. The number of thioether (sulfide) groups is 1. The van der Waals surface area contributed by atoms with E-state index in [1.165, 1.54) is 12.1 Å². The maximum Gasteiger partial charge on any atom is 0.338 e. The van der Waals surface area contributed by atoms with E-state index in [1.807, 2.05) is 0 Å². The van der Waals surface area contributed by atoms with Gasteiger partial charge >= 0.3 is 5.97 Å². The van der Waals surface area contributed by atoms with E-state index in [4.69, 9.17) is 5.11 Å². The van der Waals surface area contributed by atoms with Gasteiger partial charge in [-0.1, -0.05) is 0 Å². The fourth-order valence-corrected chi connectivity index (χ4v) is 2.97. The van der Waals surface area contributed by atoms with Crippen LogP contribution in [0.15, 0.2) is 34.5 Å². The Hall–Kier alpha value is -1.93. The number of anilines is 1. The molecule has 8 heteroatoms. The zero-order chi connectivity index (χ0) is 15.4. The number of thiophene rings is 1. The van der Waals surface area contributed by atoms with Crippen molar-refractivity contribution in [3.63, 3.8) is 0 Å². The lowest BCUT2D eigenvalue weighted by molar-refractivity contribution is -0.113. The van der Waals surface area contributed by atoms with Gasteiger partial charge < -0.3 is 10.4 Å². The van der Waals surface area contributed by atoms with Crippen molar-refractivity contribution in [2.24, 2.45) is 0 Å². The number of carboxylic acid groups (broad SMARTS) is 1. The Bertz CT molecular complexity index is 688. The number of carboxylic acids is 1. The van der Waals surface area contributed by atoms with Gasteiger partial charge in [0.25, 0.3) is 0 Å². The maximum atomic E-state index is 13.0. The van der Waals surface area contributed by atoms with Crippen LogP contribution in [0.3, 0.4) is 0 Å². The van der Waals surface area contributed by atoms with Crippen LogP contribution in [0, 0.1) is 11.6 Å². The molecule has 2 N–H and O–H groups in total. The van der Waals surface area contributed by atoms with Gasteiger partial charge in [0, 0.05) is 4.90 Å². The molecule has 21 heavy (non-hydrogen) atoms. The summed E-state index contributed by atoms with van der Waals surface area (Å²) in [7, 11) is 0. The highest BCUT2D eigenvalue weighted by Gasteiger charge is 2.14. The molecule has 0 atom stereocenters. The minimum Gasteiger partial charge on any atom is -0.478 e. The van der Waals surface area contributed by atoms with Crippen molar-refractivity contribution in [3.8, 4) is 0 Å². The minimum atomic E-state index is -1.13. The Morgan fingerprint density at radius 1 is 1.24 bits per heavy atom. The SMILES string of the molecule is O=C(CSc1ccc(F)c(F)c1)Nc1sccc1C(=O)O. The Labute approximate surface area is 126 Å². The summed E-state index contributed by atoms with van der Waals surface area (Å²) in [6, 6.07) is 4.74. The maximum absolute atomic E-state index is 13.0. The van der Waals surface area contributed by atoms with Gasteiger partial charge in [-0.25, -0.2) is 13.6 Å². The molecule has 0 saturated carbocycles. The van der Waals surface area contributed by atoms with Crippen LogP contribution in [0.1, 0.15) is 10.4 Å². The van der Waals surface area contributed by atoms with Crippen molar-refractivity contribution in [1.82, 2.24) is 0 Å². The first kappa shape index (κ1) is 15.5. The van der Waals surface area contributed by atoms with E-state index in [0.29, 0.717) is 4.90 Å². The summed E-state index contributed by atoms with van der Waals surface area (Å²) in [4.78, 5) is 23.0. The third kappa shape index (κ3) is 4.02. The summed E-state index contributed by atoms with van der Waals surface area (Å²) in [6.45, 7) is 0. The van der Waals surface area contributed by atoms with Crippen LogP contribution in [-0.2, 0) is 4.79 Å². The number of halogens is 2. The molecule has 2 aromatic rings. The van der Waals surface area contributed by atoms with E-state index in [0.717, 1.165) is 35.2 Å². The standard InChI is InChI=1S/C13H9F2NO3S2/c14-9-2-1-7(5-10(9)15)21-6-11(17)16-12-8(13(18)19)3-4-20-12/h1-5H,6H2,(H,16,17)(H,18,19). The van der Waals surface area contributed by atoms with E-state index < -0.39 is 23.5 Å². The number of amides is 1. The normalized spacial score (nSPS) is 10.4. The quantitative estimate of drug-likeness (QED) is 0.825. The number of carbonyl (C=O) groups is 2. The summed E-state index contributed by atoms with van der Waals surface area (Å²) < 4.78 is 25.8. The van der Waals surface area contributed by atoms with Gasteiger partial charge in [-0.05, 0) is 29.6 Å². The van der Waals surface area contributed by atoms with Crippen molar-refractivity contribution in [1.29, 1.82) is 0 Å². The lowest BCUT2D eigenvalue weighted by atomic mass is 10.3.